The summed E-state index contributed by atoms with van der Waals surface area (Å²) >= 11 is 0. The molecule has 1 aliphatic carbocycles. The molecule has 0 radical (unpaired) electrons. The third-order valence-electron chi connectivity index (χ3n) is 6.10. The molecule has 3 atom stereocenters. The SMILES string of the molecule is COc1c(N2CCC(C(N)CNC(N)=O)C2F)c(F)cc2c(=O)n(N)c(=O)n(C3CC3)c12. The van der Waals surface area contributed by atoms with Crippen molar-refractivity contribution in [3.63, 3.8) is 0 Å². The van der Waals surface area contributed by atoms with E-state index in [2.05, 4.69) is 5.32 Å². The van der Waals surface area contributed by atoms with Crippen LogP contribution in [0.25, 0.3) is 10.9 Å². The molecule has 11 nitrogen and oxygen atoms in total. The number of hydrogen-bond donors (Lipinski definition) is 4. The molecule has 2 fully saturated rings. The van der Waals surface area contributed by atoms with Crippen molar-refractivity contribution in [2.45, 2.75) is 37.6 Å². The maximum absolute atomic E-state index is 15.4. The number of nitrogens with one attached hydrogen (secondary N) is 1. The second kappa shape index (κ2) is 7.97. The topological polar surface area (TPSA) is 164 Å². The van der Waals surface area contributed by atoms with Gasteiger partial charge in [-0.2, -0.15) is 4.68 Å². The van der Waals surface area contributed by atoms with Gasteiger partial charge in [-0.1, -0.05) is 0 Å². The molecule has 4 rings (SSSR count). The number of alkyl halides is 1. The molecule has 0 bridgehead atoms. The average Bonchev–Trinajstić information content (AvgIpc) is 3.52. The van der Waals surface area contributed by atoms with Gasteiger partial charge in [0.2, 0.25) is 0 Å². The Morgan fingerprint density at radius 2 is 2.03 bits per heavy atom. The van der Waals surface area contributed by atoms with E-state index in [9.17, 15) is 14.4 Å². The number of halogens is 2. The predicted molar refractivity (Wildman–Crippen MR) is 113 cm³/mol. The molecule has 32 heavy (non-hydrogen) atoms. The highest BCUT2D eigenvalue weighted by molar-refractivity contribution is 5.91. The van der Waals surface area contributed by atoms with Crippen molar-refractivity contribution in [3.8, 4) is 5.75 Å². The van der Waals surface area contributed by atoms with Crippen LogP contribution in [0.2, 0.25) is 0 Å². The summed E-state index contributed by atoms with van der Waals surface area (Å²) in [4.78, 5) is 37.4. The highest BCUT2D eigenvalue weighted by Gasteiger charge is 2.41. The maximum Gasteiger partial charge on any atom is 0.350 e. The van der Waals surface area contributed by atoms with Gasteiger partial charge in [-0.05, 0) is 25.3 Å². The number of amides is 2. The van der Waals surface area contributed by atoms with E-state index in [4.69, 9.17) is 22.0 Å². The van der Waals surface area contributed by atoms with Crippen LogP contribution >= 0.6 is 0 Å². The standard InChI is InChI=1S/C19H25F2N7O4/c1-32-15-13-10(17(29)28(24)19(31)27(13)8-2-3-8)6-11(20)14(15)26-5-4-9(16(26)21)12(22)7-25-18(23)30/h6,8-9,12,16H,2-5,7,22,24H2,1H3,(H3,23,25,30). The first-order valence-electron chi connectivity index (χ1n) is 10.2. The number of methoxy groups -OCH3 is 1. The highest BCUT2D eigenvalue weighted by Crippen LogP contribution is 2.45. The minimum absolute atomic E-state index is 0.0388. The molecule has 7 N–H and O–H groups in total. The van der Waals surface area contributed by atoms with E-state index in [1.807, 2.05) is 0 Å². The summed E-state index contributed by atoms with van der Waals surface area (Å²) in [5, 5.41) is 2.21. The van der Waals surface area contributed by atoms with Crippen LogP contribution in [0.15, 0.2) is 15.7 Å². The van der Waals surface area contributed by atoms with E-state index in [0.717, 1.165) is 11.0 Å². The molecule has 0 spiro atoms. The van der Waals surface area contributed by atoms with E-state index >= 15 is 8.78 Å². The predicted octanol–water partition coefficient (Wildman–Crippen LogP) is -0.523. The van der Waals surface area contributed by atoms with Gasteiger partial charge >= 0.3 is 11.7 Å². The number of rotatable bonds is 6. The number of primary amides is 1. The van der Waals surface area contributed by atoms with Crippen LogP contribution in [0.1, 0.15) is 25.3 Å². The zero-order chi connectivity index (χ0) is 23.3. The maximum atomic E-state index is 15.4. The molecule has 1 saturated heterocycles. The largest absolute Gasteiger partial charge is 0.492 e. The Labute approximate surface area is 180 Å². The van der Waals surface area contributed by atoms with E-state index in [1.54, 1.807) is 0 Å². The summed E-state index contributed by atoms with van der Waals surface area (Å²) in [6, 6.07) is -0.803. The lowest BCUT2D eigenvalue weighted by Gasteiger charge is -2.28. The van der Waals surface area contributed by atoms with Crippen LogP contribution in [-0.2, 0) is 0 Å². The fraction of sp³-hybridized carbons (Fsp3) is 0.526. The summed E-state index contributed by atoms with van der Waals surface area (Å²) < 4.78 is 37.9. The molecule has 2 heterocycles. The van der Waals surface area contributed by atoms with Crippen LogP contribution in [-0.4, -0.2) is 47.8 Å². The summed E-state index contributed by atoms with van der Waals surface area (Å²) in [7, 11) is 1.26. The minimum atomic E-state index is -1.70. The van der Waals surface area contributed by atoms with Crippen LogP contribution in [0.4, 0.5) is 19.3 Å². The van der Waals surface area contributed by atoms with Gasteiger partial charge in [-0.3, -0.25) is 9.36 Å². The normalized spacial score (nSPS) is 21.7. The Balaban J connectivity index is 1.84. The molecule has 1 saturated carbocycles. The number of benzene rings is 1. The number of fused-ring (bicyclic) bond motifs is 1. The van der Waals surface area contributed by atoms with Gasteiger partial charge in [0.05, 0.1) is 12.5 Å². The number of anilines is 1. The van der Waals surface area contributed by atoms with Crippen molar-refractivity contribution >= 4 is 22.6 Å². The number of carbonyl (C=O) groups excluding carboxylic acids is 1. The molecule has 2 amide bonds. The van der Waals surface area contributed by atoms with Crippen molar-refractivity contribution in [2.75, 3.05) is 30.9 Å². The minimum Gasteiger partial charge on any atom is -0.492 e. The molecule has 13 heteroatoms. The average molecular weight is 453 g/mol. The van der Waals surface area contributed by atoms with Crippen molar-refractivity contribution in [3.05, 3.63) is 32.7 Å². The fourth-order valence-electron chi connectivity index (χ4n) is 4.37. The number of nitrogen functional groups attached to an aromatic ring is 1. The summed E-state index contributed by atoms with van der Waals surface area (Å²) in [6.07, 6.45) is -0.0510. The Hall–Kier alpha value is -3.35. The number of hydrogen-bond acceptors (Lipinski definition) is 7. The Morgan fingerprint density at radius 3 is 2.62 bits per heavy atom. The van der Waals surface area contributed by atoms with Gasteiger partial charge in [0.25, 0.3) is 5.56 Å². The van der Waals surface area contributed by atoms with E-state index in [0.29, 0.717) is 17.5 Å². The molecular weight excluding hydrogens is 428 g/mol. The summed E-state index contributed by atoms with van der Waals surface area (Å²) in [5.74, 6) is 3.90. The number of carbonyl (C=O) groups is 1. The summed E-state index contributed by atoms with van der Waals surface area (Å²) in [6.45, 7) is 0.0688. The molecule has 1 aromatic carbocycles. The third-order valence-corrected chi connectivity index (χ3v) is 6.10. The molecule has 2 aromatic rings. The van der Waals surface area contributed by atoms with Gasteiger partial charge in [0.15, 0.2) is 17.9 Å². The Kier molecular flexibility index (Phi) is 5.44. The Bertz CT molecular complexity index is 1190. The first-order valence-corrected chi connectivity index (χ1v) is 10.2. The van der Waals surface area contributed by atoms with Gasteiger partial charge in [-0.15, -0.1) is 0 Å². The molecule has 1 aromatic heterocycles. The Morgan fingerprint density at radius 1 is 1.34 bits per heavy atom. The number of urea groups is 1. The molecular formula is C19H25F2N7O4. The van der Waals surface area contributed by atoms with E-state index < -0.39 is 41.4 Å². The molecule has 174 valence electrons. The number of aromatic nitrogens is 2. The lowest BCUT2D eigenvalue weighted by molar-refractivity contribution is 0.224. The van der Waals surface area contributed by atoms with Gasteiger partial charge < -0.3 is 32.3 Å². The molecule has 2 aliphatic rings. The van der Waals surface area contributed by atoms with Crippen molar-refractivity contribution < 1.29 is 18.3 Å². The second-order valence-electron chi connectivity index (χ2n) is 8.12. The third kappa shape index (κ3) is 3.42. The zero-order valence-electron chi connectivity index (χ0n) is 17.4. The lowest BCUT2D eigenvalue weighted by Crippen LogP contribution is -2.47. The first-order chi connectivity index (χ1) is 15.2. The fourth-order valence-corrected chi connectivity index (χ4v) is 4.37. The first kappa shape index (κ1) is 21.9. The van der Waals surface area contributed by atoms with Crippen LogP contribution < -0.4 is 43.5 Å². The monoisotopic (exact) mass is 453 g/mol. The lowest BCUT2D eigenvalue weighted by atomic mass is 9.98. The zero-order valence-corrected chi connectivity index (χ0v) is 17.4. The van der Waals surface area contributed by atoms with Gasteiger partial charge in [0, 0.05) is 31.1 Å². The number of ether oxygens (including phenoxy) is 1. The van der Waals surface area contributed by atoms with E-state index in [1.165, 1.54) is 11.7 Å². The van der Waals surface area contributed by atoms with Crippen molar-refractivity contribution in [1.82, 2.24) is 14.6 Å². The van der Waals surface area contributed by atoms with Gasteiger partial charge in [-0.25, -0.2) is 18.4 Å². The second-order valence-corrected chi connectivity index (χ2v) is 8.12. The summed E-state index contributed by atoms with van der Waals surface area (Å²) in [5.41, 5.74) is 9.32. The van der Waals surface area contributed by atoms with Crippen molar-refractivity contribution in [1.29, 1.82) is 0 Å². The number of nitrogens with two attached hydrogens (primary N) is 3. The quantitative estimate of drug-likeness (QED) is 0.338. The van der Waals surface area contributed by atoms with Crippen LogP contribution in [0.3, 0.4) is 0 Å². The van der Waals surface area contributed by atoms with Crippen LogP contribution in [0, 0.1) is 11.7 Å². The molecule has 3 unspecified atom stereocenters. The van der Waals surface area contributed by atoms with Crippen LogP contribution in [0.5, 0.6) is 5.75 Å². The number of nitrogens with zero attached hydrogens (tertiary/aromatic N) is 3. The molecule has 1 aliphatic heterocycles. The highest BCUT2D eigenvalue weighted by atomic mass is 19.1. The van der Waals surface area contributed by atoms with Gasteiger partial charge in [0.1, 0.15) is 11.2 Å². The van der Waals surface area contributed by atoms with E-state index in [-0.39, 0.29) is 47.9 Å². The van der Waals surface area contributed by atoms with Crippen molar-refractivity contribution in [2.24, 2.45) is 17.4 Å². The smallest absolute Gasteiger partial charge is 0.350 e.